The summed E-state index contributed by atoms with van der Waals surface area (Å²) >= 11 is 6.20. The minimum absolute atomic E-state index is 0.0154. The maximum absolute atomic E-state index is 12.7. The topological polar surface area (TPSA) is 102 Å². The Bertz CT molecular complexity index is 1120. The van der Waals surface area contributed by atoms with Crippen LogP contribution in [0.5, 0.6) is 5.75 Å². The number of sulfonamides is 1. The first-order valence-electron chi connectivity index (χ1n) is 10.1. The molecule has 0 saturated carbocycles. The van der Waals surface area contributed by atoms with E-state index >= 15 is 0 Å². The molecule has 170 valence electrons. The minimum Gasteiger partial charge on any atom is -0.482 e. The van der Waals surface area contributed by atoms with E-state index < -0.39 is 16.1 Å². The monoisotopic (exact) mass is 476 g/mol. The summed E-state index contributed by atoms with van der Waals surface area (Å²) in [6, 6.07) is 13.0. The van der Waals surface area contributed by atoms with Gasteiger partial charge < -0.3 is 14.6 Å². The fourth-order valence-corrected chi connectivity index (χ4v) is 4.54. The average Bonchev–Trinajstić information content (AvgIpc) is 3.30. The molecule has 0 radical (unpaired) electrons. The average molecular weight is 477 g/mol. The lowest BCUT2D eigenvalue weighted by Crippen LogP contribution is -2.30. The molecule has 1 amide bonds. The Hall–Kier alpha value is -2.88. The van der Waals surface area contributed by atoms with Crippen molar-refractivity contribution in [2.75, 3.05) is 13.2 Å². The molecule has 0 fully saturated rings. The van der Waals surface area contributed by atoms with E-state index in [0.29, 0.717) is 6.54 Å². The van der Waals surface area contributed by atoms with Gasteiger partial charge in [-0.3, -0.25) is 4.79 Å². The number of aryl methyl sites for hydroxylation is 1. The lowest BCUT2D eigenvalue weighted by molar-refractivity contribution is -0.123. The highest BCUT2D eigenvalue weighted by Crippen LogP contribution is 2.28. The molecule has 2 aromatic carbocycles. The van der Waals surface area contributed by atoms with Gasteiger partial charge in [-0.05, 0) is 37.1 Å². The molecule has 1 aromatic heterocycles. The number of carbonyl (C=O) groups excluding carboxylic acids is 1. The molecule has 8 nitrogen and oxygen atoms in total. The molecular formula is C22H25ClN4O4S. The van der Waals surface area contributed by atoms with E-state index in [1.165, 1.54) is 18.2 Å². The number of aromatic nitrogens is 2. The number of carbonyl (C=O) groups is 1. The third-order valence-corrected chi connectivity index (χ3v) is 6.51. The molecule has 32 heavy (non-hydrogen) atoms. The van der Waals surface area contributed by atoms with Crippen LogP contribution in [0, 0.1) is 0 Å². The number of imidazole rings is 1. The number of rotatable bonds is 11. The maximum Gasteiger partial charge on any atom is 0.257 e. The predicted molar refractivity (Wildman–Crippen MR) is 122 cm³/mol. The third kappa shape index (κ3) is 6.81. The van der Waals surface area contributed by atoms with E-state index in [2.05, 4.69) is 15.0 Å². The minimum atomic E-state index is -3.79. The van der Waals surface area contributed by atoms with Crippen LogP contribution in [-0.2, 0) is 21.4 Å². The smallest absolute Gasteiger partial charge is 0.257 e. The zero-order chi connectivity index (χ0) is 23.0. The summed E-state index contributed by atoms with van der Waals surface area (Å²) in [7, 11) is -3.79. The molecule has 0 bridgehead atoms. The summed E-state index contributed by atoms with van der Waals surface area (Å²) in [5.74, 6) is -0.0583. The number of ether oxygens (including phenoxy) is 1. The summed E-state index contributed by atoms with van der Waals surface area (Å²) in [6.45, 7) is 2.79. The highest BCUT2D eigenvalue weighted by molar-refractivity contribution is 7.89. The van der Waals surface area contributed by atoms with Crippen LogP contribution in [0.15, 0.2) is 72.1 Å². The number of nitrogens with zero attached hydrogens (tertiary/aromatic N) is 2. The Balaban J connectivity index is 1.50. The van der Waals surface area contributed by atoms with Crippen LogP contribution in [-0.4, -0.2) is 37.0 Å². The SMILES string of the molecule is C[C@@H](NS(=O)(=O)c1ccc(OCC(=O)NCCCn2ccnc2)c(Cl)c1)c1ccccc1. The number of nitrogens with one attached hydrogen (secondary N) is 2. The fraction of sp³-hybridized carbons (Fsp3) is 0.273. The highest BCUT2D eigenvalue weighted by Gasteiger charge is 2.20. The van der Waals surface area contributed by atoms with Crippen LogP contribution in [0.25, 0.3) is 0 Å². The van der Waals surface area contributed by atoms with Crippen molar-refractivity contribution in [2.45, 2.75) is 30.8 Å². The normalized spacial score (nSPS) is 12.3. The standard InChI is InChI=1S/C22H25ClN4O4S/c1-17(18-6-3-2-4-7-18)26-32(29,30)19-8-9-21(20(23)14-19)31-15-22(28)25-10-5-12-27-13-11-24-16-27/h2-4,6-9,11,13-14,16-17,26H,5,10,12,15H2,1H3,(H,25,28)/t17-/m1/s1. The molecule has 0 aliphatic carbocycles. The van der Waals surface area contributed by atoms with Gasteiger partial charge in [-0.15, -0.1) is 0 Å². The Morgan fingerprint density at radius 1 is 1.22 bits per heavy atom. The van der Waals surface area contributed by atoms with Crippen molar-refractivity contribution in [3.63, 3.8) is 0 Å². The summed E-state index contributed by atoms with van der Waals surface area (Å²) in [5.41, 5.74) is 0.846. The lowest BCUT2D eigenvalue weighted by atomic mass is 10.1. The van der Waals surface area contributed by atoms with Crippen molar-refractivity contribution in [1.82, 2.24) is 19.6 Å². The van der Waals surface area contributed by atoms with Gasteiger partial charge in [0.25, 0.3) is 5.91 Å². The van der Waals surface area contributed by atoms with E-state index in [1.807, 2.05) is 41.1 Å². The molecule has 1 atom stereocenters. The fourth-order valence-electron chi connectivity index (χ4n) is 2.98. The molecule has 0 unspecified atom stereocenters. The molecule has 2 N–H and O–H groups in total. The van der Waals surface area contributed by atoms with Gasteiger partial charge in [0.2, 0.25) is 10.0 Å². The summed E-state index contributed by atoms with van der Waals surface area (Å²) in [4.78, 5) is 15.9. The first kappa shape index (κ1) is 23.8. The Morgan fingerprint density at radius 3 is 2.69 bits per heavy atom. The Labute approximate surface area is 192 Å². The molecule has 0 spiro atoms. The van der Waals surface area contributed by atoms with Gasteiger partial charge >= 0.3 is 0 Å². The van der Waals surface area contributed by atoms with Crippen molar-refractivity contribution in [3.05, 3.63) is 77.8 Å². The van der Waals surface area contributed by atoms with Crippen LogP contribution in [0.3, 0.4) is 0 Å². The lowest BCUT2D eigenvalue weighted by Gasteiger charge is -2.15. The Kier molecular flexibility index (Phi) is 8.26. The molecule has 1 heterocycles. The molecule has 0 aliphatic rings. The van der Waals surface area contributed by atoms with Crippen LogP contribution in [0.4, 0.5) is 0 Å². The first-order valence-corrected chi connectivity index (χ1v) is 11.9. The number of amides is 1. The second kappa shape index (κ2) is 11.1. The van der Waals surface area contributed by atoms with E-state index in [4.69, 9.17) is 16.3 Å². The van der Waals surface area contributed by atoms with Crippen molar-refractivity contribution < 1.29 is 17.9 Å². The quantitative estimate of drug-likeness (QED) is 0.414. The zero-order valence-electron chi connectivity index (χ0n) is 17.6. The van der Waals surface area contributed by atoms with E-state index in [9.17, 15) is 13.2 Å². The summed E-state index contributed by atoms with van der Waals surface area (Å²) < 4.78 is 35.4. The van der Waals surface area contributed by atoms with Crippen molar-refractivity contribution in [3.8, 4) is 5.75 Å². The van der Waals surface area contributed by atoms with Gasteiger partial charge in [0, 0.05) is 31.5 Å². The molecule has 0 aliphatic heterocycles. The zero-order valence-corrected chi connectivity index (χ0v) is 19.1. The third-order valence-electron chi connectivity index (χ3n) is 4.68. The van der Waals surface area contributed by atoms with Gasteiger partial charge in [-0.1, -0.05) is 41.9 Å². The summed E-state index contributed by atoms with van der Waals surface area (Å²) in [6.07, 6.45) is 6.03. The molecule has 10 heteroatoms. The highest BCUT2D eigenvalue weighted by atomic mass is 35.5. The van der Waals surface area contributed by atoms with Gasteiger partial charge in [0.1, 0.15) is 5.75 Å². The van der Waals surface area contributed by atoms with Crippen LogP contribution >= 0.6 is 11.6 Å². The van der Waals surface area contributed by atoms with E-state index in [-0.39, 0.29) is 28.2 Å². The number of benzene rings is 2. The largest absolute Gasteiger partial charge is 0.482 e. The van der Waals surface area contributed by atoms with Crippen LogP contribution in [0.1, 0.15) is 24.9 Å². The van der Waals surface area contributed by atoms with Gasteiger partial charge in [-0.2, -0.15) is 0 Å². The van der Waals surface area contributed by atoms with Crippen molar-refractivity contribution in [2.24, 2.45) is 0 Å². The predicted octanol–water partition coefficient (Wildman–Crippen LogP) is 3.16. The Morgan fingerprint density at radius 2 is 2.00 bits per heavy atom. The first-order chi connectivity index (χ1) is 15.3. The van der Waals surface area contributed by atoms with E-state index in [0.717, 1.165) is 18.5 Å². The second-order valence-electron chi connectivity index (χ2n) is 7.14. The second-order valence-corrected chi connectivity index (χ2v) is 9.26. The van der Waals surface area contributed by atoms with Crippen molar-refractivity contribution >= 4 is 27.5 Å². The number of hydrogen-bond donors (Lipinski definition) is 2. The molecule has 3 aromatic rings. The maximum atomic E-state index is 12.7. The van der Waals surface area contributed by atoms with Crippen LogP contribution in [0.2, 0.25) is 5.02 Å². The number of halogens is 1. The molecular weight excluding hydrogens is 452 g/mol. The summed E-state index contributed by atoms with van der Waals surface area (Å²) in [5, 5.41) is 2.87. The van der Waals surface area contributed by atoms with Gasteiger partial charge in [-0.25, -0.2) is 18.1 Å². The molecule has 3 rings (SSSR count). The van der Waals surface area contributed by atoms with Crippen LogP contribution < -0.4 is 14.8 Å². The number of hydrogen-bond acceptors (Lipinski definition) is 5. The molecule has 0 saturated heterocycles. The van der Waals surface area contributed by atoms with E-state index in [1.54, 1.807) is 19.4 Å². The van der Waals surface area contributed by atoms with Gasteiger partial charge in [0.15, 0.2) is 6.61 Å². The van der Waals surface area contributed by atoms with Crippen molar-refractivity contribution in [1.29, 1.82) is 0 Å². The van der Waals surface area contributed by atoms with Gasteiger partial charge in [0.05, 0.1) is 16.2 Å².